The number of aromatic nitrogens is 2. The van der Waals surface area contributed by atoms with Gasteiger partial charge in [0.2, 0.25) is 5.82 Å². The van der Waals surface area contributed by atoms with Crippen molar-refractivity contribution < 1.29 is 9.53 Å². The number of rotatable bonds is 4. The van der Waals surface area contributed by atoms with E-state index in [0.717, 1.165) is 13.0 Å². The SMILES string of the molecule is CCOC(=O)c1nc(NC2CC(N)CN2C)cn1C. The Hall–Kier alpha value is -1.60. The second-order valence-corrected chi connectivity index (χ2v) is 4.88. The number of likely N-dealkylation sites (tertiary alicyclic amines) is 1. The van der Waals surface area contributed by atoms with Gasteiger partial charge >= 0.3 is 5.97 Å². The summed E-state index contributed by atoms with van der Waals surface area (Å²) in [4.78, 5) is 18.1. The summed E-state index contributed by atoms with van der Waals surface area (Å²) in [5.74, 6) is 0.556. The number of imidazole rings is 1. The Labute approximate surface area is 112 Å². The van der Waals surface area contributed by atoms with Crippen molar-refractivity contribution in [2.75, 3.05) is 25.5 Å². The molecule has 2 rings (SSSR count). The lowest BCUT2D eigenvalue weighted by Gasteiger charge is -2.19. The molecule has 0 amide bonds. The molecule has 1 fully saturated rings. The summed E-state index contributed by atoms with van der Waals surface area (Å²) in [6, 6.07) is 0.177. The third-order valence-corrected chi connectivity index (χ3v) is 3.23. The molecule has 2 unspecified atom stereocenters. The maximum absolute atomic E-state index is 11.7. The Morgan fingerprint density at radius 2 is 2.37 bits per heavy atom. The first-order valence-corrected chi connectivity index (χ1v) is 6.44. The Balaban J connectivity index is 2.06. The van der Waals surface area contributed by atoms with Gasteiger partial charge in [0.25, 0.3) is 0 Å². The lowest BCUT2D eigenvalue weighted by atomic mass is 10.2. The zero-order valence-corrected chi connectivity index (χ0v) is 11.6. The highest BCUT2D eigenvalue weighted by atomic mass is 16.5. The summed E-state index contributed by atoms with van der Waals surface area (Å²) in [6.45, 7) is 2.97. The zero-order chi connectivity index (χ0) is 14.0. The van der Waals surface area contributed by atoms with Crippen molar-refractivity contribution in [3.63, 3.8) is 0 Å². The Morgan fingerprint density at radius 1 is 1.63 bits per heavy atom. The number of aryl methyl sites for hydroxylation is 1. The molecule has 1 aliphatic heterocycles. The molecule has 3 N–H and O–H groups in total. The number of nitrogens with one attached hydrogen (secondary N) is 1. The minimum atomic E-state index is -0.408. The van der Waals surface area contributed by atoms with E-state index in [1.165, 1.54) is 0 Å². The normalized spacial score (nSPS) is 23.6. The fourth-order valence-corrected chi connectivity index (χ4v) is 2.30. The number of ether oxygens (including phenoxy) is 1. The smallest absolute Gasteiger partial charge is 0.374 e. The van der Waals surface area contributed by atoms with Crippen molar-refractivity contribution in [2.45, 2.75) is 25.6 Å². The van der Waals surface area contributed by atoms with Gasteiger partial charge in [0.1, 0.15) is 5.82 Å². The standard InChI is InChI=1S/C12H21N5O2/c1-4-19-12(18)11-15-9(7-17(11)3)14-10-5-8(13)6-16(10)2/h7-8,10,14H,4-6,13H2,1-3H3. The van der Waals surface area contributed by atoms with Crippen LogP contribution in [0.15, 0.2) is 6.20 Å². The lowest BCUT2D eigenvalue weighted by molar-refractivity contribution is 0.0508. The molecule has 0 saturated carbocycles. The molecule has 7 nitrogen and oxygen atoms in total. The zero-order valence-electron chi connectivity index (χ0n) is 11.6. The van der Waals surface area contributed by atoms with Crippen molar-refractivity contribution in [3.8, 4) is 0 Å². The first-order chi connectivity index (χ1) is 9.01. The average molecular weight is 267 g/mol. The molecule has 0 spiro atoms. The van der Waals surface area contributed by atoms with Crippen LogP contribution in [-0.4, -0.2) is 52.8 Å². The molecule has 1 aromatic heterocycles. The van der Waals surface area contributed by atoms with Crippen LogP contribution < -0.4 is 11.1 Å². The summed E-state index contributed by atoms with van der Waals surface area (Å²) < 4.78 is 6.61. The first-order valence-electron chi connectivity index (χ1n) is 6.44. The highest BCUT2D eigenvalue weighted by Gasteiger charge is 2.27. The van der Waals surface area contributed by atoms with Gasteiger partial charge in [-0.1, -0.05) is 0 Å². The molecular formula is C12H21N5O2. The van der Waals surface area contributed by atoms with E-state index in [0.29, 0.717) is 18.2 Å². The van der Waals surface area contributed by atoms with E-state index < -0.39 is 5.97 Å². The predicted molar refractivity (Wildman–Crippen MR) is 71.8 cm³/mol. The number of likely N-dealkylation sites (N-methyl/N-ethyl adjacent to an activating group) is 1. The molecular weight excluding hydrogens is 246 g/mol. The molecule has 7 heteroatoms. The molecule has 1 aromatic rings. The molecule has 106 valence electrons. The molecule has 0 bridgehead atoms. The van der Waals surface area contributed by atoms with Gasteiger partial charge in [-0.15, -0.1) is 0 Å². The highest BCUT2D eigenvalue weighted by Crippen LogP contribution is 2.17. The Kier molecular flexibility index (Phi) is 4.06. The Bertz CT molecular complexity index is 459. The molecule has 0 aromatic carbocycles. The van der Waals surface area contributed by atoms with Crippen LogP contribution in [0.2, 0.25) is 0 Å². The fraction of sp³-hybridized carbons (Fsp3) is 0.667. The van der Waals surface area contributed by atoms with Crippen molar-refractivity contribution in [1.29, 1.82) is 0 Å². The minimum Gasteiger partial charge on any atom is -0.460 e. The summed E-state index contributed by atoms with van der Waals surface area (Å²) in [5, 5.41) is 3.29. The van der Waals surface area contributed by atoms with Crippen molar-refractivity contribution >= 4 is 11.8 Å². The van der Waals surface area contributed by atoms with E-state index in [4.69, 9.17) is 10.5 Å². The maximum Gasteiger partial charge on any atom is 0.374 e. The number of carbonyl (C=O) groups is 1. The number of nitrogens with zero attached hydrogens (tertiary/aromatic N) is 3. The van der Waals surface area contributed by atoms with Crippen molar-refractivity contribution in [1.82, 2.24) is 14.5 Å². The average Bonchev–Trinajstić information content (AvgIpc) is 2.83. The van der Waals surface area contributed by atoms with Crippen LogP contribution in [0.1, 0.15) is 24.0 Å². The van der Waals surface area contributed by atoms with Crippen LogP contribution in [0.25, 0.3) is 0 Å². The molecule has 1 saturated heterocycles. The molecule has 19 heavy (non-hydrogen) atoms. The van der Waals surface area contributed by atoms with E-state index in [2.05, 4.69) is 15.2 Å². The van der Waals surface area contributed by atoms with Crippen LogP contribution in [0.5, 0.6) is 0 Å². The number of anilines is 1. The van der Waals surface area contributed by atoms with Gasteiger partial charge in [0, 0.05) is 25.8 Å². The van der Waals surface area contributed by atoms with Crippen LogP contribution >= 0.6 is 0 Å². The Morgan fingerprint density at radius 3 is 2.95 bits per heavy atom. The first kappa shape index (κ1) is 13.8. The number of hydrogen-bond donors (Lipinski definition) is 2. The molecule has 0 radical (unpaired) electrons. The fourth-order valence-electron chi connectivity index (χ4n) is 2.30. The van der Waals surface area contributed by atoms with Crippen LogP contribution in [0, 0.1) is 0 Å². The van der Waals surface area contributed by atoms with Gasteiger partial charge in [-0.2, -0.15) is 0 Å². The van der Waals surface area contributed by atoms with Crippen molar-refractivity contribution in [3.05, 3.63) is 12.0 Å². The molecule has 2 atom stereocenters. The monoisotopic (exact) mass is 267 g/mol. The van der Waals surface area contributed by atoms with Gasteiger partial charge in [-0.05, 0) is 20.4 Å². The summed E-state index contributed by atoms with van der Waals surface area (Å²) >= 11 is 0. The van der Waals surface area contributed by atoms with Crippen LogP contribution in [0.4, 0.5) is 5.82 Å². The maximum atomic E-state index is 11.7. The molecule has 2 heterocycles. The molecule has 0 aliphatic carbocycles. The van der Waals surface area contributed by atoms with Gasteiger partial charge in [0.05, 0.1) is 12.8 Å². The predicted octanol–water partition coefficient (Wildman–Crippen LogP) is -0.00240. The lowest BCUT2D eigenvalue weighted by Crippen LogP contribution is -2.32. The summed E-state index contributed by atoms with van der Waals surface area (Å²) in [7, 11) is 3.79. The van der Waals surface area contributed by atoms with Gasteiger partial charge in [-0.3, -0.25) is 4.90 Å². The summed E-state index contributed by atoms with van der Waals surface area (Å²) in [5.41, 5.74) is 5.91. The van der Waals surface area contributed by atoms with E-state index in [-0.39, 0.29) is 12.2 Å². The van der Waals surface area contributed by atoms with E-state index in [9.17, 15) is 4.79 Å². The van der Waals surface area contributed by atoms with E-state index in [1.807, 2.05) is 7.05 Å². The van der Waals surface area contributed by atoms with Gasteiger partial charge in [-0.25, -0.2) is 9.78 Å². The van der Waals surface area contributed by atoms with Crippen LogP contribution in [-0.2, 0) is 11.8 Å². The molecule has 1 aliphatic rings. The number of esters is 1. The van der Waals surface area contributed by atoms with E-state index in [1.54, 1.807) is 24.7 Å². The number of nitrogens with two attached hydrogens (primary N) is 1. The minimum absolute atomic E-state index is 0.153. The van der Waals surface area contributed by atoms with E-state index >= 15 is 0 Å². The highest BCUT2D eigenvalue weighted by molar-refractivity contribution is 5.86. The summed E-state index contributed by atoms with van der Waals surface area (Å²) in [6.07, 6.45) is 2.80. The van der Waals surface area contributed by atoms with Gasteiger partial charge in [0.15, 0.2) is 0 Å². The third-order valence-electron chi connectivity index (χ3n) is 3.23. The second kappa shape index (κ2) is 5.58. The topological polar surface area (TPSA) is 85.4 Å². The number of carbonyl (C=O) groups excluding carboxylic acids is 1. The number of hydrogen-bond acceptors (Lipinski definition) is 6. The quantitative estimate of drug-likeness (QED) is 0.747. The third kappa shape index (κ3) is 3.05. The van der Waals surface area contributed by atoms with Gasteiger partial charge < -0.3 is 20.4 Å². The largest absolute Gasteiger partial charge is 0.460 e. The second-order valence-electron chi connectivity index (χ2n) is 4.88. The van der Waals surface area contributed by atoms with Crippen LogP contribution in [0.3, 0.4) is 0 Å². The van der Waals surface area contributed by atoms with Crippen molar-refractivity contribution in [2.24, 2.45) is 12.8 Å².